The quantitative estimate of drug-likeness (QED) is 0.936. The van der Waals surface area contributed by atoms with E-state index in [-0.39, 0.29) is 28.9 Å². The lowest BCUT2D eigenvalue weighted by molar-refractivity contribution is -0.118. The van der Waals surface area contributed by atoms with Gasteiger partial charge in [-0.2, -0.15) is 0 Å². The van der Waals surface area contributed by atoms with Crippen molar-refractivity contribution in [2.45, 2.75) is 20.3 Å². The summed E-state index contributed by atoms with van der Waals surface area (Å²) in [6.07, 6.45) is 3.45. The van der Waals surface area contributed by atoms with E-state index < -0.39 is 11.6 Å². The van der Waals surface area contributed by atoms with Gasteiger partial charge >= 0.3 is 0 Å². The van der Waals surface area contributed by atoms with E-state index in [0.29, 0.717) is 5.82 Å². The van der Waals surface area contributed by atoms with Crippen LogP contribution in [-0.2, 0) is 4.79 Å². The number of hydrogen-bond donors (Lipinski definition) is 1. The molecule has 1 atom stereocenters. The molecule has 120 valence electrons. The van der Waals surface area contributed by atoms with Crippen LogP contribution in [-0.4, -0.2) is 15.9 Å². The van der Waals surface area contributed by atoms with Gasteiger partial charge in [-0.3, -0.25) is 4.79 Å². The van der Waals surface area contributed by atoms with Crippen molar-refractivity contribution in [3.8, 4) is 11.6 Å². The molecule has 5 nitrogen and oxygen atoms in total. The van der Waals surface area contributed by atoms with E-state index in [4.69, 9.17) is 4.74 Å². The number of nitrogens with one attached hydrogen (secondary N) is 1. The molecule has 1 aliphatic carbocycles. The first kappa shape index (κ1) is 15.3. The highest BCUT2D eigenvalue weighted by molar-refractivity contribution is 5.94. The summed E-state index contributed by atoms with van der Waals surface area (Å²) in [6, 6.07) is 2.82. The average molecular weight is 319 g/mol. The molecule has 1 aromatic carbocycles. The predicted molar refractivity (Wildman–Crippen MR) is 79.0 cm³/mol. The standard InChI is InChI=1S/C16H15F2N3O2/c1-16(2)6-12(16)15(22)21-13-7-20-14(8-19-13)23-11-4-9(17)3-10(18)5-11/h3-5,7-8,12H,6H2,1-2H3,(H,19,21,22). The Kier molecular flexibility index (Phi) is 3.71. The zero-order valence-electron chi connectivity index (χ0n) is 12.6. The summed E-state index contributed by atoms with van der Waals surface area (Å²) in [5, 5.41) is 2.68. The first-order valence-electron chi connectivity index (χ1n) is 7.10. The van der Waals surface area contributed by atoms with Crippen molar-refractivity contribution in [2.24, 2.45) is 11.3 Å². The lowest BCUT2D eigenvalue weighted by Crippen LogP contribution is -2.17. The van der Waals surface area contributed by atoms with E-state index in [0.717, 1.165) is 24.6 Å². The highest BCUT2D eigenvalue weighted by atomic mass is 19.1. The van der Waals surface area contributed by atoms with E-state index in [1.807, 2.05) is 13.8 Å². The molecule has 1 heterocycles. The first-order chi connectivity index (χ1) is 10.8. The Morgan fingerprint density at radius 1 is 1.22 bits per heavy atom. The molecule has 1 N–H and O–H groups in total. The molecule has 0 aliphatic heterocycles. The molecule has 0 radical (unpaired) electrons. The Bertz CT molecular complexity index is 727. The van der Waals surface area contributed by atoms with Gasteiger partial charge in [0.05, 0.1) is 12.4 Å². The number of carbonyl (C=O) groups excluding carboxylic acids is 1. The van der Waals surface area contributed by atoms with Gasteiger partial charge < -0.3 is 10.1 Å². The molecule has 1 unspecified atom stereocenters. The Morgan fingerprint density at radius 2 is 1.87 bits per heavy atom. The first-order valence-corrected chi connectivity index (χ1v) is 7.10. The summed E-state index contributed by atoms with van der Waals surface area (Å²) in [4.78, 5) is 19.9. The number of ether oxygens (including phenoxy) is 1. The van der Waals surface area contributed by atoms with E-state index >= 15 is 0 Å². The monoisotopic (exact) mass is 319 g/mol. The third kappa shape index (κ3) is 3.61. The van der Waals surface area contributed by atoms with Gasteiger partial charge in [-0.05, 0) is 11.8 Å². The van der Waals surface area contributed by atoms with Gasteiger partial charge in [0.25, 0.3) is 0 Å². The van der Waals surface area contributed by atoms with Gasteiger partial charge in [0, 0.05) is 24.1 Å². The zero-order chi connectivity index (χ0) is 16.6. The second-order valence-electron chi connectivity index (χ2n) is 6.18. The number of halogens is 2. The SMILES string of the molecule is CC1(C)CC1C(=O)Nc1cnc(Oc2cc(F)cc(F)c2)cn1. The van der Waals surface area contributed by atoms with Crippen LogP contribution < -0.4 is 10.1 Å². The second-order valence-corrected chi connectivity index (χ2v) is 6.18. The van der Waals surface area contributed by atoms with Crippen LogP contribution in [0, 0.1) is 23.0 Å². The molecule has 1 saturated carbocycles. The topological polar surface area (TPSA) is 64.1 Å². The minimum atomic E-state index is -0.746. The van der Waals surface area contributed by atoms with Crippen LogP contribution in [0.3, 0.4) is 0 Å². The highest BCUT2D eigenvalue weighted by Gasteiger charge is 2.50. The second kappa shape index (κ2) is 5.57. The fraction of sp³-hybridized carbons (Fsp3) is 0.312. The predicted octanol–water partition coefficient (Wildman–Crippen LogP) is 3.53. The summed E-state index contributed by atoms with van der Waals surface area (Å²) in [5.41, 5.74) is 0.0298. The summed E-state index contributed by atoms with van der Waals surface area (Å²) < 4.78 is 31.4. The maximum absolute atomic E-state index is 13.1. The van der Waals surface area contributed by atoms with Gasteiger partial charge in [-0.1, -0.05) is 13.8 Å². The lowest BCUT2D eigenvalue weighted by atomic mass is 10.1. The fourth-order valence-electron chi connectivity index (χ4n) is 2.27. The zero-order valence-corrected chi connectivity index (χ0v) is 12.6. The Labute approximate surface area is 131 Å². The van der Waals surface area contributed by atoms with Crippen molar-refractivity contribution in [3.63, 3.8) is 0 Å². The number of amides is 1. The fourth-order valence-corrected chi connectivity index (χ4v) is 2.27. The smallest absolute Gasteiger partial charge is 0.237 e. The van der Waals surface area contributed by atoms with E-state index in [2.05, 4.69) is 15.3 Å². The molecule has 1 amide bonds. The molecular formula is C16H15F2N3O2. The molecule has 0 spiro atoms. The summed E-state index contributed by atoms with van der Waals surface area (Å²) in [7, 11) is 0. The largest absolute Gasteiger partial charge is 0.437 e. The highest BCUT2D eigenvalue weighted by Crippen LogP contribution is 2.51. The van der Waals surface area contributed by atoms with Crippen molar-refractivity contribution in [2.75, 3.05) is 5.32 Å². The van der Waals surface area contributed by atoms with Crippen molar-refractivity contribution >= 4 is 11.7 Å². The maximum atomic E-state index is 13.1. The van der Waals surface area contributed by atoms with Gasteiger partial charge in [0.15, 0.2) is 5.82 Å². The minimum absolute atomic E-state index is 0.0181. The van der Waals surface area contributed by atoms with Gasteiger partial charge in [0.1, 0.15) is 17.4 Å². The number of anilines is 1. The van der Waals surface area contributed by atoms with Crippen LogP contribution in [0.5, 0.6) is 11.6 Å². The molecule has 7 heteroatoms. The summed E-state index contributed by atoms with van der Waals surface area (Å²) in [6.45, 7) is 4.05. The molecule has 23 heavy (non-hydrogen) atoms. The molecule has 0 saturated heterocycles. The average Bonchev–Trinajstić information content (AvgIpc) is 3.09. The summed E-state index contributed by atoms with van der Waals surface area (Å²) >= 11 is 0. The van der Waals surface area contributed by atoms with Crippen molar-refractivity contribution in [1.82, 2.24) is 9.97 Å². The molecule has 0 bridgehead atoms. The van der Waals surface area contributed by atoms with E-state index in [1.165, 1.54) is 12.4 Å². The van der Waals surface area contributed by atoms with Crippen molar-refractivity contribution < 1.29 is 18.3 Å². The number of nitrogens with zero attached hydrogens (tertiary/aromatic N) is 2. The van der Waals surface area contributed by atoms with Gasteiger partial charge in [-0.25, -0.2) is 18.7 Å². The third-order valence-corrected chi connectivity index (χ3v) is 3.77. The van der Waals surface area contributed by atoms with E-state index in [1.54, 1.807) is 0 Å². The number of aromatic nitrogens is 2. The number of carbonyl (C=O) groups is 1. The summed E-state index contributed by atoms with van der Waals surface area (Å²) in [5.74, 6) is -1.25. The Hall–Kier alpha value is -2.57. The van der Waals surface area contributed by atoms with Crippen LogP contribution in [0.1, 0.15) is 20.3 Å². The van der Waals surface area contributed by atoms with Crippen LogP contribution in [0.25, 0.3) is 0 Å². The maximum Gasteiger partial charge on any atom is 0.237 e. The number of hydrogen-bond acceptors (Lipinski definition) is 4. The normalized spacial score (nSPS) is 18.3. The lowest BCUT2D eigenvalue weighted by Gasteiger charge is -2.07. The molecule has 3 rings (SSSR count). The number of benzene rings is 1. The molecular weight excluding hydrogens is 304 g/mol. The minimum Gasteiger partial charge on any atom is -0.437 e. The molecule has 1 aliphatic rings. The van der Waals surface area contributed by atoms with Crippen molar-refractivity contribution in [1.29, 1.82) is 0 Å². The van der Waals surface area contributed by atoms with Gasteiger partial charge in [-0.15, -0.1) is 0 Å². The van der Waals surface area contributed by atoms with Crippen LogP contribution >= 0.6 is 0 Å². The Morgan fingerprint density at radius 3 is 2.39 bits per heavy atom. The van der Waals surface area contributed by atoms with E-state index in [9.17, 15) is 13.6 Å². The molecule has 1 aromatic heterocycles. The van der Waals surface area contributed by atoms with Crippen molar-refractivity contribution in [3.05, 3.63) is 42.2 Å². The van der Waals surface area contributed by atoms with Gasteiger partial charge in [0.2, 0.25) is 11.8 Å². The van der Waals surface area contributed by atoms with Crippen LogP contribution in [0.15, 0.2) is 30.6 Å². The molecule has 1 fully saturated rings. The Balaban J connectivity index is 1.64. The third-order valence-electron chi connectivity index (χ3n) is 3.77. The number of rotatable bonds is 4. The molecule has 2 aromatic rings. The van der Waals surface area contributed by atoms with Crippen LogP contribution in [0.4, 0.5) is 14.6 Å². The van der Waals surface area contributed by atoms with Crippen LogP contribution in [0.2, 0.25) is 0 Å².